The minimum Gasteiger partial charge on any atom is -0.380 e. The minimum absolute atomic E-state index is 0.0611. The van der Waals surface area contributed by atoms with Crippen molar-refractivity contribution in [3.8, 4) is 0 Å². The molecule has 2 saturated heterocycles. The van der Waals surface area contributed by atoms with Crippen molar-refractivity contribution in [2.24, 2.45) is 5.92 Å². The summed E-state index contributed by atoms with van der Waals surface area (Å²) in [5.74, 6) is 0.419. The van der Waals surface area contributed by atoms with Crippen LogP contribution in [0.1, 0.15) is 32.6 Å². The Bertz CT molecular complexity index is 391. The Labute approximate surface area is 116 Å². The first-order chi connectivity index (χ1) is 8.89. The first-order valence-corrected chi connectivity index (χ1v) is 9.02. The summed E-state index contributed by atoms with van der Waals surface area (Å²) in [5.41, 5.74) is 0.0611. The molecule has 19 heavy (non-hydrogen) atoms. The molecule has 0 aromatic rings. The highest BCUT2D eigenvalue weighted by Crippen LogP contribution is 2.22. The van der Waals surface area contributed by atoms with Gasteiger partial charge in [-0.1, -0.05) is 0 Å². The van der Waals surface area contributed by atoms with Gasteiger partial charge in [0.05, 0.1) is 12.9 Å². The lowest BCUT2D eigenvalue weighted by molar-refractivity contribution is 0.0257. The molecular formula is C13H26N2O3S. The number of nitrogens with one attached hydrogen (secondary N) is 1. The molecule has 0 aliphatic carbocycles. The number of nitrogens with zero attached hydrogens (tertiary/aromatic N) is 1. The van der Waals surface area contributed by atoms with Crippen LogP contribution in [-0.2, 0) is 14.8 Å². The molecule has 2 rings (SSSR count). The molecule has 2 aliphatic rings. The summed E-state index contributed by atoms with van der Waals surface area (Å²) >= 11 is 0. The fourth-order valence-electron chi connectivity index (χ4n) is 2.96. The summed E-state index contributed by atoms with van der Waals surface area (Å²) < 4.78 is 30.3. The lowest BCUT2D eigenvalue weighted by Crippen LogP contribution is -2.52. The van der Waals surface area contributed by atoms with Gasteiger partial charge in [0.25, 0.3) is 0 Å². The second-order valence-electron chi connectivity index (χ2n) is 6.23. The molecule has 0 aromatic heterocycles. The number of sulfonamides is 1. The van der Waals surface area contributed by atoms with Crippen molar-refractivity contribution >= 4 is 10.0 Å². The molecule has 0 radical (unpaired) electrons. The maximum absolute atomic E-state index is 11.6. The van der Waals surface area contributed by atoms with Crippen LogP contribution in [0.3, 0.4) is 0 Å². The van der Waals surface area contributed by atoms with Crippen molar-refractivity contribution in [1.82, 2.24) is 9.62 Å². The predicted molar refractivity (Wildman–Crippen MR) is 75.6 cm³/mol. The van der Waals surface area contributed by atoms with Gasteiger partial charge in [0.15, 0.2) is 0 Å². The van der Waals surface area contributed by atoms with E-state index in [0.717, 1.165) is 45.4 Å². The highest BCUT2D eigenvalue weighted by Gasteiger charge is 2.30. The van der Waals surface area contributed by atoms with E-state index >= 15 is 0 Å². The molecule has 2 atom stereocenters. The van der Waals surface area contributed by atoms with Crippen LogP contribution in [0.2, 0.25) is 0 Å². The van der Waals surface area contributed by atoms with E-state index in [9.17, 15) is 8.42 Å². The summed E-state index contributed by atoms with van der Waals surface area (Å²) in [6, 6.07) is 0. The third-order valence-electron chi connectivity index (χ3n) is 4.21. The molecular weight excluding hydrogens is 264 g/mol. The number of hydrogen-bond acceptors (Lipinski definition) is 4. The third-order valence-corrected chi connectivity index (χ3v) is 5.48. The lowest BCUT2D eigenvalue weighted by Gasteiger charge is -2.37. The molecule has 0 saturated carbocycles. The number of ether oxygens (including phenoxy) is 1. The number of rotatable bonds is 4. The van der Waals surface area contributed by atoms with Crippen LogP contribution in [0.4, 0.5) is 0 Å². The monoisotopic (exact) mass is 290 g/mol. The van der Waals surface area contributed by atoms with Gasteiger partial charge in [-0.15, -0.1) is 0 Å². The molecule has 2 heterocycles. The second kappa shape index (κ2) is 6.08. The van der Waals surface area contributed by atoms with Crippen LogP contribution < -0.4 is 5.32 Å². The zero-order valence-electron chi connectivity index (χ0n) is 12.0. The fourth-order valence-corrected chi connectivity index (χ4v) is 3.90. The Morgan fingerprint density at radius 3 is 2.84 bits per heavy atom. The van der Waals surface area contributed by atoms with E-state index in [4.69, 9.17) is 4.74 Å². The smallest absolute Gasteiger partial charge is 0.211 e. The molecule has 0 amide bonds. The summed E-state index contributed by atoms with van der Waals surface area (Å²) in [5, 5.41) is 3.59. The van der Waals surface area contributed by atoms with Crippen LogP contribution in [0.15, 0.2) is 0 Å². The highest BCUT2D eigenvalue weighted by atomic mass is 32.2. The third kappa shape index (κ3) is 4.41. The van der Waals surface area contributed by atoms with Gasteiger partial charge in [-0.05, 0) is 45.1 Å². The summed E-state index contributed by atoms with van der Waals surface area (Å²) in [6.07, 6.45) is 5.61. The Morgan fingerprint density at radius 2 is 2.21 bits per heavy atom. The van der Waals surface area contributed by atoms with E-state index in [0.29, 0.717) is 19.0 Å². The maximum Gasteiger partial charge on any atom is 0.211 e. The van der Waals surface area contributed by atoms with Crippen molar-refractivity contribution in [1.29, 1.82) is 0 Å². The molecule has 0 bridgehead atoms. The zero-order valence-corrected chi connectivity index (χ0v) is 12.8. The van der Waals surface area contributed by atoms with E-state index in [1.807, 2.05) is 0 Å². The first kappa shape index (κ1) is 15.2. The SMILES string of the molecule is CC1(NCC2CCCN(S(C)(=O)=O)C2)CCCOC1. The normalized spacial score (nSPS) is 34.3. The number of hydrogen-bond donors (Lipinski definition) is 1. The van der Waals surface area contributed by atoms with Crippen LogP contribution in [0.25, 0.3) is 0 Å². The Morgan fingerprint density at radius 1 is 1.42 bits per heavy atom. The average molecular weight is 290 g/mol. The zero-order chi connectivity index (χ0) is 13.9. The molecule has 0 spiro atoms. The predicted octanol–water partition coefficient (Wildman–Crippen LogP) is 0.817. The first-order valence-electron chi connectivity index (χ1n) is 7.17. The molecule has 112 valence electrons. The maximum atomic E-state index is 11.6. The minimum atomic E-state index is -3.04. The lowest BCUT2D eigenvalue weighted by atomic mass is 9.92. The van der Waals surface area contributed by atoms with Gasteiger partial charge in [-0.2, -0.15) is 0 Å². The van der Waals surface area contributed by atoms with E-state index in [1.165, 1.54) is 6.26 Å². The molecule has 2 unspecified atom stereocenters. The van der Waals surface area contributed by atoms with E-state index in [-0.39, 0.29) is 5.54 Å². The van der Waals surface area contributed by atoms with Gasteiger partial charge in [-0.25, -0.2) is 12.7 Å². The molecule has 5 nitrogen and oxygen atoms in total. The van der Waals surface area contributed by atoms with Gasteiger partial charge >= 0.3 is 0 Å². The van der Waals surface area contributed by atoms with Crippen molar-refractivity contribution in [2.75, 3.05) is 39.1 Å². The summed E-state index contributed by atoms with van der Waals surface area (Å²) in [4.78, 5) is 0. The van der Waals surface area contributed by atoms with Gasteiger partial charge < -0.3 is 10.1 Å². The quantitative estimate of drug-likeness (QED) is 0.833. The Hall–Kier alpha value is -0.170. The van der Waals surface area contributed by atoms with E-state index in [2.05, 4.69) is 12.2 Å². The van der Waals surface area contributed by atoms with Gasteiger partial charge in [-0.3, -0.25) is 0 Å². The average Bonchev–Trinajstić information content (AvgIpc) is 2.37. The second-order valence-corrected chi connectivity index (χ2v) is 8.21. The van der Waals surface area contributed by atoms with E-state index < -0.39 is 10.0 Å². The molecule has 2 aliphatic heterocycles. The largest absolute Gasteiger partial charge is 0.380 e. The molecule has 6 heteroatoms. The standard InChI is InChI=1S/C13H26N2O3S/c1-13(6-4-8-18-11-13)14-9-12-5-3-7-15(10-12)19(2,16)17/h12,14H,3-11H2,1-2H3. The van der Waals surface area contributed by atoms with Crippen LogP contribution >= 0.6 is 0 Å². The molecule has 0 aromatic carbocycles. The Kier molecular flexibility index (Phi) is 4.87. The van der Waals surface area contributed by atoms with E-state index in [1.54, 1.807) is 4.31 Å². The summed E-state index contributed by atoms with van der Waals surface area (Å²) in [7, 11) is -3.04. The van der Waals surface area contributed by atoms with Crippen molar-refractivity contribution < 1.29 is 13.2 Å². The van der Waals surface area contributed by atoms with Gasteiger partial charge in [0.2, 0.25) is 10.0 Å². The number of piperidine rings is 1. The van der Waals surface area contributed by atoms with Crippen molar-refractivity contribution in [3.05, 3.63) is 0 Å². The van der Waals surface area contributed by atoms with Gasteiger partial charge in [0, 0.05) is 25.2 Å². The molecule has 2 fully saturated rings. The Balaban J connectivity index is 1.82. The fraction of sp³-hybridized carbons (Fsp3) is 1.00. The van der Waals surface area contributed by atoms with Crippen LogP contribution in [-0.4, -0.2) is 57.4 Å². The topological polar surface area (TPSA) is 58.6 Å². The molecule has 1 N–H and O–H groups in total. The van der Waals surface area contributed by atoms with Crippen LogP contribution in [0.5, 0.6) is 0 Å². The van der Waals surface area contributed by atoms with Crippen LogP contribution in [0, 0.1) is 5.92 Å². The van der Waals surface area contributed by atoms with Gasteiger partial charge in [0.1, 0.15) is 0 Å². The summed E-state index contributed by atoms with van der Waals surface area (Å²) in [6.45, 7) is 6.03. The van der Waals surface area contributed by atoms with Crippen molar-refractivity contribution in [3.63, 3.8) is 0 Å². The highest BCUT2D eigenvalue weighted by molar-refractivity contribution is 7.88. The van der Waals surface area contributed by atoms with Crippen molar-refractivity contribution in [2.45, 2.75) is 38.1 Å².